The van der Waals surface area contributed by atoms with Crippen LogP contribution < -0.4 is 4.74 Å². The first kappa shape index (κ1) is 18.3. The van der Waals surface area contributed by atoms with Crippen LogP contribution in [0.25, 0.3) is 10.8 Å². The molecule has 3 aromatic rings. The molecule has 0 radical (unpaired) electrons. The first-order valence-corrected chi connectivity index (χ1v) is 9.88. The van der Waals surface area contributed by atoms with Gasteiger partial charge in [0.2, 0.25) is 5.91 Å². The highest BCUT2D eigenvalue weighted by Crippen LogP contribution is 2.25. The van der Waals surface area contributed by atoms with Crippen LogP contribution in [-0.4, -0.2) is 35.1 Å². The van der Waals surface area contributed by atoms with Gasteiger partial charge in [-0.25, -0.2) is 0 Å². The van der Waals surface area contributed by atoms with E-state index in [1.807, 2.05) is 42.5 Å². The van der Waals surface area contributed by atoms with Crippen molar-refractivity contribution in [1.29, 1.82) is 0 Å². The number of hydrogen-bond acceptors (Lipinski definition) is 5. The third kappa shape index (κ3) is 3.92. The monoisotopic (exact) mass is 389 g/mol. The van der Waals surface area contributed by atoms with Gasteiger partial charge in [0.25, 0.3) is 0 Å². The summed E-state index contributed by atoms with van der Waals surface area (Å²) < 4.78 is 5.15. The van der Waals surface area contributed by atoms with E-state index in [4.69, 9.17) is 4.74 Å². The maximum atomic E-state index is 12.4. The number of amides is 1. The van der Waals surface area contributed by atoms with Crippen molar-refractivity contribution in [3.05, 3.63) is 77.9 Å². The SMILES string of the molecule is COc1ccc(/C=N/N=C2\SCC(=O)N2Cc2cccc3ccccc23)cc1. The number of carbonyl (C=O) groups is 1. The summed E-state index contributed by atoms with van der Waals surface area (Å²) in [5.74, 6) is 1.24. The number of hydrogen-bond donors (Lipinski definition) is 0. The Labute approximate surface area is 167 Å². The summed E-state index contributed by atoms with van der Waals surface area (Å²) in [6, 6.07) is 21.9. The maximum Gasteiger partial charge on any atom is 0.239 e. The van der Waals surface area contributed by atoms with E-state index in [0.717, 1.165) is 27.6 Å². The van der Waals surface area contributed by atoms with Crippen molar-refractivity contribution in [2.24, 2.45) is 10.2 Å². The first-order chi connectivity index (χ1) is 13.7. The van der Waals surface area contributed by atoms with Crippen LogP contribution in [0.5, 0.6) is 5.75 Å². The minimum atomic E-state index is 0.0522. The van der Waals surface area contributed by atoms with Gasteiger partial charge >= 0.3 is 0 Å². The number of rotatable bonds is 5. The molecule has 1 fully saturated rings. The van der Waals surface area contributed by atoms with Crippen molar-refractivity contribution < 1.29 is 9.53 Å². The zero-order chi connectivity index (χ0) is 19.3. The number of fused-ring (bicyclic) bond motifs is 1. The molecule has 0 saturated carbocycles. The Morgan fingerprint density at radius 3 is 2.68 bits per heavy atom. The van der Waals surface area contributed by atoms with Gasteiger partial charge in [-0.05, 0) is 46.2 Å². The number of nitrogens with zero attached hydrogens (tertiary/aromatic N) is 3. The van der Waals surface area contributed by atoms with Gasteiger partial charge in [0.1, 0.15) is 5.75 Å². The number of methoxy groups -OCH3 is 1. The Hall–Kier alpha value is -3.12. The minimum absolute atomic E-state index is 0.0522. The number of thioether (sulfide) groups is 1. The molecule has 5 nitrogen and oxygen atoms in total. The molecule has 140 valence electrons. The van der Waals surface area contributed by atoms with Crippen LogP contribution in [0, 0.1) is 0 Å². The number of amidine groups is 1. The average molecular weight is 389 g/mol. The largest absolute Gasteiger partial charge is 0.497 e. The summed E-state index contributed by atoms with van der Waals surface area (Å²) in [6.45, 7) is 0.490. The molecule has 1 heterocycles. The molecule has 1 amide bonds. The van der Waals surface area contributed by atoms with Crippen LogP contribution in [-0.2, 0) is 11.3 Å². The van der Waals surface area contributed by atoms with E-state index >= 15 is 0 Å². The molecule has 1 aliphatic heterocycles. The quantitative estimate of drug-likeness (QED) is 0.483. The van der Waals surface area contributed by atoms with Crippen molar-refractivity contribution in [3.63, 3.8) is 0 Å². The molecule has 0 N–H and O–H groups in total. The fraction of sp³-hybridized carbons (Fsp3) is 0.136. The lowest BCUT2D eigenvalue weighted by molar-refractivity contribution is -0.124. The second-order valence-electron chi connectivity index (χ2n) is 6.31. The Kier molecular flexibility index (Phi) is 5.39. The minimum Gasteiger partial charge on any atom is -0.497 e. The smallest absolute Gasteiger partial charge is 0.239 e. The second-order valence-corrected chi connectivity index (χ2v) is 7.25. The molecule has 6 heteroatoms. The third-order valence-corrected chi connectivity index (χ3v) is 5.48. The fourth-order valence-electron chi connectivity index (χ4n) is 3.06. The van der Waals surface area contributed by atoms with E-state index in [2.05, 4.69) is 34.5 Å². The summed E-state index contributed by atoms with van der Waals surface area (Å²) in [5, 5.41) is 11.4. The summed E-state index contributed by atoms with van der Waals surface area (Å²) in [7, 11) is 1.63. The predicted octanol–water partition coefficient (Wildman–Crippen LogP) is 4.31. The first-order valence-electron chi connectivity index (χ1n) is 8.89. The van der Waals surface area contributed by atoms with Crippen LogP contribution in [0.4, 0.5) is 0 Å². The van der Waals surface area contributed by atoms with Gasteiger partial charge in [0, 0.05) is 0 Å². The van der Waals surface area contributed by atoms with Gasteiger partial charge in [0.05, 0.1) is 25.6 Å². The Morgan fingerprint density at radius 1 is 1.07 bits per heavy atom. The van der Waals surface area contributed by atoms with Crippen molar-refractivity contribution in [1.82, 2.24) is 4.90 Å². The molecule has 0 spiro atoms. The topological polar surface area (TPSA) is 54.3 Å². The van der Waals surface area contributed by atoms with Crippen LogP contribution in [0.1, 0.15) is 11.1 Å². The standard InChI is InChI=1S/C22H19N3O2S/c1-27-19-11-9-16(10-12-19)13-23-24-22-25(21(26)15-28-22)14-18-7-4-6-17-5-2-3-8-20(17)18/h2-13H,14-15H2,1H3/b23-13+,24-22-. The molecule has 0 atom stereocenters. The molecule has 28 heavy (non-hydrogen) atoms. The molecular formula is C22H19N3O2S. The lowest BCUT2D eigenvalue weighted by Crippen LogP contribution is -2.28. The van der Waals surface area contributed by atoms with Crippen molar-refractivity contribution in [3.8, 4) is 5.75 Å². The van der Waals surface area contributed by atoms with E-state index in [1.54, 1.807) is 18.2 Å². The molecule has 0 aliphatic carbocycles. The maximum absolute atomic E-state index is 12.4. The average Bonchev–Trinajstić information content (AvgIpc) is 3.08. The highest BCUT2D eigenvalue weighted by molar-refractivity contribution is 8.15. The van der Waals surface area contributed by atoms with E-state index in [0.29, 0.717) is 17.5 Å². The lowest BCUT2D eigenvalue weighted by Gasteiger charge is -2.16. The zero-order valence-corrected chi connectivity index (χ0v) is 16.2. The van der Waals surface area contributed by atoms with Gasteiger partial charge in [0.15, 0.2) is 5.17 Å². The molecule has 3 aromatic carbocycles. The molecule has 0 aromatic heterocycles. The molecule has 4 rings (SSSR count). The molecule has 0 bridgehead atoms. The normalized spacial score (nSPS) is 15.8. The van der Waals surface area contributed by atoms with E-state index in [-0.39, 0.29) is 5.91 Å². The van der Waals surface area contributed by atoms with Crippen LogP contribution in [0.3, 0.4) is 0 Å². The number of benzene rings is 3. The Morgan fingerprint density at radius 2 is 1.86 bits per heavy atom. The van der Waals surface area contributed by atoms with Crippen LogP contribution >= 0.6 is 11.8 Å². The van der Waals surface area contributed by atoms with Crippen molar-refractivity contribution >= 4 is 39.8 Å². The van der Waals surface area contributed by atoms with E-state index in [9.17, 15) is 4.79 Å². The van der Waals surface area contributed by atoms with Crippen LogP contribution in [0.15, 0.2) is 76.9 Å². The molecular weight excluding hydrogens is 370 g/mol. The molecule has 1 saturated heterocycles. The van der Waals surface area contributed by atoms with Gasteiger partial charge in [-0.15, -0.1) is 5.10 Å². The van der Waals surface area contributed by atoms with Crippen molar-refractivity contribution in [2.45, 2.75) is 6.54 Å². The zero-order valence-electron chi connectivity index (χ0n) is 15.4. The van der Waals surface area contributed by atoms with Gasteiger partial charge in [-0.1, -0.05) is 54.2 Å². The highest BCUT2D eigenvalue weighted by atomic mass is 32.2. The van der Waals surface area contributed by atoms with Gasteiger partial charge < -0.3 is 4.74 Å². The predicted molar refractivity (Wildman–Crippen MR) is 115 cm³/mol. The second kappa shape index (κ2) is 8.27. The van der Waals surface area contributed by atoms with Gasteiger partial charge in [-0.2, -0.15) is 5.10 Å². The summed E-state index contributed by atoms with van der Waals surface area (Å²) >= 11 is 1.42. The van der Waals surface area contributed by atoms with Gasteiger partial charge in [-0.3, -0.25) is 9.69 Å². The van der Waals surface area contributed by atoms with Crippen LogP contribution in [0.2, 0.25) is 0 Å². The Balaban J connectivity index is 1.54. The van der Waals surface area contributed by atoms with Crippen molar-refractivity contribution in [2.75, 3.05) is 12.9 Å². The summed E-state index contributed by atoms with van der Waals surface area (Å²) in [4.78, 5) is 14.1. The number of ether oxygens (including phenoxy) is 1. The molecule has 0 unspecified atom stereocenters. The summed E-state index contributed by atoms with van der Waals surface area (Å²) in [5.41, 5.74) is 2.01. The van der Waals surface area contributed by atoms with E-state index < -0.39 is 0 Å². The Bertz CT molecular complexity index is 1060. The fourth-order valence-corrected chi connectivity index (χ4v) is 3.90. The lowest BCUT2D eigenvalue weighted by atomic mass is 10.0. The third-order valence-electron chi connectivity index (χ3n) is 4.53. The van der Waals surface area contributed by atoms with E-state index in [1.165, 1.54) is 11.8 Å². The number of carbonyl (C=O) groups excluding carboxylic acids is 1. The summed E-state index contributed by atoms with van der Waals surface area (Å²) in [6.07, 6.45) is 1.67. The highest BCUT2D eigenvalue weighted by Gasteiger charge is 2.28. The molecule has 1 aliphatic rings.